The fourth-order valence-corrected chi connectivity index (χ4v) is 3.36. The molecule has 2 aliphatic heterocycles. The lowest BCUT2D eigenvalue weighted by atomic mass is 9.84. The Kier molecular flexibility index (Phi) is 5.30. The molecule has 2 heterocycles. The molecule has 0 bridgehead atoms. The predicted octanol–water partition coefficient (Wildman–Crippen LogP) is 2.75. The molecular weight excluding hydrogens is 320 g/mol. The summed E-state index contributed by atoms with van der Waals surface area (Å²) in [5.74, 6) is -0.516. The Hall–Kier alpha value is -1.73. The molecule has 0 radical (unpaired) electrons. The number of halogens is 2. The maximum atomic E-state index is 12.5. The first kappa shape index (κ1) is 17.1. The fraction of sp³-hybridized carbons (Fsp3) is 0.588. The van der Waals surface area contributed by atoms with E-state index >= 15 is 0 Å². The molecule has 0 aromatic heterocycles. The first-order valence-corrected chi connectivity index (χ1v) is 8.14. The lowest BCUT2D eigenvalue weighted by Gasteiger charge is -2.43. The molecule has 2 aliphatic rings. The summed E-state index contributed by atoms with van der Waals surface area (Å²) < 4.78 is 40.7. The number of alkyl halides is 2. The molecule has 1 aromatic carbocycles. The predicted molar refractivity (Wildman–Crippen MR) is 82.3 cm³/mol. The summed E-state index contributed by atoms with van der Waals surface area (Å²) in [7, 11) is 0. The van der Waals surface area contributed by atoms with Gasteiger partial charge in [-0.2, -0.15) is 8.78 Å². The maximum Gasteiger partial charge on any atom is 0.387 e. The highest BCUT2D eigenvalue weighted by Gasteiger charge is 2.39. The van der Waals surface area contributed by atoms with Crippen molar-refractivity contribution in [2.75, 3.05) is 19.8 Å². The molecule has 1 spiro atoms. The summed E-state index contributed by atoms with van der Waals surface area (Å²) in [6, 6.07) is 5.97. The number of para-hydroxylation sites is 1. The Labute approximate surface area is 139 Å². The minimum atomic E-state index is -2.97. The number of hydrogen-bond donors (Lipinski definition) is 1. The van der Waals surface area contributed by atoms with E-state index in [0.29, 0.717) is 32.7 Å². The molecule has 1 aromatic rings. The van der Waals surface area contributed by atoms with Gasteiger partial charge in [0.25, 0.3) is 5.91 Å². The Bertz CT molecular complexity index is 570. The molecule has 1 amide bonds. The highest BCUT2D eigenvalue weighted by atomic mass is 19.3. The number of nitrogens with one attached hydrogen (secondary N) is 1. The molecule has 132 valence electrons. The first-order chi connectivity index (χ1) is 11.6. The van der Waals surface area contributed by atoms with Crippen LogP contribution >= 0.6 is 0 Å². The van der Waals surface area contributed by atoms with Crippen molar-refractivity contribution in [3.8, 4) is 5.75 Å². The van der Waals surface area contributed by atoms with Gasteiger partial charge in [-0.1, -0.05) is 12.1 Å². The molecule has 0 aliphatic carbocycles. The van der Waals surface area contributed by atoms with Crippen LogP contribution in [0.2, 0.25) is 0 Å². The van der Waals surface area contributed by atoms with E-state index in [1.54, 1.807) is 12.1 Å². The monoisotopic (exact) mass is 341 g/mol. The smallest absolute Gasteiger partial charge is 0.387 e. The molecule has 1 atom stereocenters. The van der Waals surface area contributed by atoms with Gasteiger partial charge in [-0.05, 0) is 37.8 Å². The Morgan fingerprint density at radius 1 is 1.25 bits per heavy atom. The van der Waals surface area contributed by atoms with Crippen LogP contribution in [0.4, 0.5) is 8.78 Å². The van der Waals surface area contributed by atoms with Gasteiger partial charge in [0.2, 0.25) is 0 Å². The van der Waals surface area contributed by atoms with Gasteiger partial charge in [0.1, 0.15) is 5.75 Å². The third kappa shape index (κ3) is 4.02. The van der Waals surface area contributed by atoms with Crippen molar-refractivity contribution >= 4 is 5.91 Å². The zero-order valence-corrected chi connectivity index (χ0v) is 13.3. The van der Waals surface area contributed by atoms with Crippen LogP contribution in [-0.2, 0) is 9.47 Å². The van der Waals surface area contributed by atoms with E-state index in [9.17, 15) is 13.6 Å². The number of hydrogen-bond acceptors (Lipinski definition) is 4. The van der Waals surface area contributed by atoms with Gasteiger partial charge in [-0.25, -0.2) is 0 Å². The van der Waals surface area contributed by atoms with Gasteiger partial charge in [-0.3, -0.25) is 4.79 Å². The van der Waals surface area contributed by atoms with E-state index in [1.165, 1.54) is 12.1 Å². The third-order valence-electron chi connectivity index (χ3n) is 4.58. The second-order valence-corrected chi connectivity index (χ2v) is 6.18. The zero-order chi connectivity index (χ0) is 17.0. The normalized spacial score (nSPS) is 23.2. The summed E-state index contributed by atoms with van der Waals surface area (Å²) in [5.41, 5.74) is -0.127. The van der Waals surface area contributed by atoms with E-state index < -0.39 is 12.5 Å². The molecule has 1 N–H and O–H groups in total. The van der Waals surface area contributed by atoms with Crippen molar-refractivity contribution in [3.63, 3.8) is 0 Å². The largest absolute Gasteiger partial charge is 0.434 e. The second kappa shape index (κ2) is 7.44. The van der Waals surface area contributed by atoms with Crippen LogP contribution in [-0.4, -0.2) is 44.0 Å². The molecule has 2 fully saturated rings. The van der Waals surface area contributed by atoms with E-state index in [4.69, 9.17) is 9.47 Å². The summed E-state index contributed by atoms with van der Waals surface area (Å²) in [4.78, 5) is 12.5. The van der Waals surface area contributed by atoms with Crippen LogP contribution in [0, 0.1) is 0 Å². The molecule has 0 unspecified atom stereocenters. The molecule has 5 nitrogen and oxygen atoms in total. The highest BCUT2D eigenvalue weighted by Crippen LogP contribution is 2.34. The standard InChI is InChI=1S/C17H21F2NO4/c18-16(19)24-14-4-2-1-3-13(14)15(21)20-12-5-8-23-17(11-12)6-9-22-10-7-17/h1-4,12,16H,5-11H2,(H,20,21)/t12-/m1/s1. The van der Waals surface area contributed by atoms with E-state index in [-0.39, 0.29) is 23.0 Å². The average molecular weight is 341 g/mol. The quantitative estimate of drug-likeness (QED) is 0.915. The van der Waals surface area contributed by atoms with Gasteiger partial charge >= 0.3 is 6.61 Å². The molecule has 3 rings (SSSR count). The van der Waals surface area contributed by atoms with E-state index in [1.807, 2.05) is 0 Å². The number of benzene rings is 1. The summed E-state index contributed by atoms with van der Waals surface area (Å²) >= 11 is 0. The van der Waals surface area contributed by atoms with Crippen LogP contribution < -0.4 is 10.1 Å². The van der Waals surface area contributed by atoms with Crippen LogP contribution in [0.5, 0.6) is 5.75 Å². The van der Waals surface area contributed by atoms with Crippen molar-refractivity contribution in [1.82, 2.24) is 5.32 Å². The van der Waals surface area contributed by atoms with Crippen LogP contribution in [0.1, 0.15) is 36.0 Å². The summed E-state index contributed by atoms with van der Waals surface area (Å²) in [6.45, 7) is -1.08. The van der Waals surface area contributed by atoms with Crippen molar-refractivity contribution in [2.45, 2.75) is 43.9 Å². The van der Waals surface area contributed by atoms with Crippen molar-refractivity contribution in [1.29, 1.82) is 0 Å². The number of rotatable bonds is 4. The lowest BCUT2D eigenvalue weighted by Crippen LogP contribution is -2.51. The Morgan fingerprint density at radius 2 is 2.00 bits per heavy atom. The van der Waals surface area contributed by atoms with Crippen molar-refractivity contribution < 1.29 is 27.8 Å². The first-order valence-electron chi connectivity index (χ1n) is 8.14. The van der Waals surface area contributed by atoms with Gasteiger partial charge in [-0.15, -0.1) is 0 Å². The summed E-state index contributed by atoms with van der Waals surface area (Å²) in [6.07, 6.45) is 3.03. The second-order valence-electron chi connectivity index (χ2n) is 6.18. The Morgan fingerprint density at radius 3 is 2.75 bits per heavy atom. The minimum Gasteiger partial charge on any atom is -0.434 e. The topological polar surface area (TPSA) is 56.8 Å². The van der Waals surface area contributed by atoms with Crippen molar-refractivity contribution in [3.05, 3.63) is 29.8 Å². The van der Waals surface area contributed by atoms with Gasteiger partial charge in [0.15, 0.2) is 0 Å². The minimum absolute atomic E-state index is 0.0519. The molecular formula is C17H21F2NO4. The van der Waals surface area contributed by atoms with E-state index in [2.05, 4.69) is 10.1 Å². The molecule has 2 saturated heterocycles. The van der Waals surface area contributed by atoms with Crippen LogP contribution in [0.3, 0.4) is 0 Å². The van der Waals surface area contributed by atoms with Crippen LogP contribution in [0.25, 0.3) is 0 Å². The fourth-order valence-electron chi connectivity index (χ4n) is 3.36. The van der Waals surface area contributed by atoms with Gasteiger partial charge in [0.05, 0.1) is 11.2 Å². The summed E-state index contributed by atoms with van der Waals surface area (Å²) in [5, 5.41) is 2.94. The number of carbonyl (C=O) groups is 1. The van der Waals surface area contributed by atoms with Crippen LogP contribution in [0.15, 0.2) is 24.3 Å². The van der Waals surface area contributed by atoms with E-state index in [0.717, 1.165) is 12.8 Å². The maximum absolute atomic E-state index is 12.5. The lowest BCUT2D eigenvalue weighted by molar-refractivity contribution is -0.139. The zero-order valence-electron chi connectivity index (χ0n) is 13.3. The van der Waals surface area contributed by atoms with Gasteiger partial charge in [0, 0.05) is 25.9 Å². The number of amides is 1. The number of carbonyl (C=O) groups excluding carboxylic acids is 1. The average Bonchev–Trinajstić information content (AvgIpc) is 2.55. The number of ether oxygens (including phenoxy) is 3. The molecule has 24 heavy (non-hydrogen) atoms. The molecule has 7 heteroatoms. The third-order valence-corrected chi connectivity index (χ3v) is 4.58. The van der Waals surface area contributed by atoms with Gasteiger partial charge < -0.3 is 19.5 Å². The SMILES string of the molecule is O=C(N[C@@H]1CCOC2(CCOCC2)C1)c1ccccc1OC(F)F. The molecule has 0 saturated carbocycles. The van der Waals surface area contributed by atoms with Crippen molar-refractivity contribution in [2.24, 2.45) is 0 Å². The Balaban J connectivity index is 1.66. The highest BCUT2D eigenvalue weighted by molar-refractivity contribution is 5.97.